The summed E-state index contributed by atoms with van der Waals surface area (Å²) in [6, 6.07) is 6.17. The maximum Gasteiger partial charge on any atom is 0.269 e. The van der Waals surface area contributed by atoms with Crippen molar-refractivity contribution in [2.45, 2.75) is 37.1 Å². The minimum atomic E-state index is -4.04. The lowest BCUT2D eigenvalue weighted by atomic mass is 9.99. The lowest BCUT2D eigenvalue weighted by Crippen LogP contribution is -2.31. The molecule has 0 atom stereocenters. The summed E-state index contributed by atoms with van der Waals surface area (Å²) in [5.74, 6) is -2.49. The molecule has 12 heteroatoms. The minimum Gasteiger partial charge on any atom is -0.299 e. The van der Waals surface area contributed by atoms with E-state index in [4.69, 9.17) is 11.6 Å². The second kappa shape index (κ2) is 11.3. The van der Waals surface area contributed by atoms with Gasteiger partial charge in [-0.1, -0.05) is 24.1 Å². The quantitative estimate of drug-likeness (QED) is 0.233. The number of hydrogen-bond donors (Lipinski definition) is 1. The van der Waals surface area contributed by atoms with Crippen molar-refractivity contribution in [2.24, 2.45) is 0 Å². The van der Waals surface area contributed by atoms with E-state index in [2.05, 4.69) is 9.62 Å². The van der Waals surface area contributed by atoms with Crippen LogP contribution in [0.1, 0.15) is 30.4 Å². The molecule has 0 amide bonds. The molecule has 0 fully saturated rings. The molecule has 7 nitrogen and oxygen atoms in total. The van der Waals surface area contributed by atoms with Gasteiger partial charge in [0.25, 0.3) is 5.69 Å². The highest BCUT2D eigenvalue weighted by Crippen LogP contribution is 2.25. The summed E-state index contributed by atoms with van der Waals surface area (Å²) in [6.45, 7) is 2.46. The van der Waals surface area contributed by atoms with Gasteiger partial charge >= 0.3 is 0 Å². The van der Waals surface area contributed by atoms with Crippen LogP contribution in [0, 0.1) is 21.7 Å². The van der Waals surface area contributed by atoms with Gasteiger partial charge in [-0.3, -0.25) is 15.0 Å². The second-order valence-electron chi connectivity index (χ2n) is 7.39. The summed E-state index contributed by atoms with van der Waals surface area (Å²) in [7, 11) is -4.04. The first-order valence-electron chi connectivity index (χ1n) is 9.80. The van der Waals surface area contributed by atoms with Crippen molar-refractivity contribution in [3.8, 4) is 0 Å². The molecular formula is C20H23Cl2F2N3O4S. The third-order valence-electron chi connectivity index (χ3n) is 5.20. The molecule has 1 heterocycles. The van der Waals surface area contributed by atoms with Crippen LogP contribution in [-0.4, -0.2) is 37.9 Å². The van der Waals surface area contributed by atoms with Crippen LogP contribution in [-0.2, 0) is 23.0 Å². The molecule has 1 aliphatic heterocycles. The number of sulfonamides is 1. The second-order valence-corrected chi connectivity index (χ2v) is 9.53. The van der Waals surface area contributed by atoms with Crippen molar-refractivity contribution in [3.05, 3.63) is 68.2 Å². The van der Waals surface area contributed by atoms with Crippen LogP contribution < -0.4 is 4.72 Å². The molecule has 0 saturated carbocycles. The normalized spacial score (nSPS) is 14.0. The number of nitrogens with zero attached hydrogens (tertiary/aromatic N) is 2. The number of halogens is 4. The van der Waals surface area contributed by atoms with Crippen molar-refractivity contribution in [1.29, 1.82) is 0 Å². The van der Waals surface area contributed by atoms with E-state index in [-0.39, 0.29) is 29.7 Å². The maximum absolute atomic E-state index is 13.3. The van der Waals surface area contributed by atoms with Crippen molar-refractivity contribution in [3.63, 3.8) is 0 Å². The summed E-state index contributed by atoms with van der Waals surface area (Å²) in [4.78, 5) is 12.3. The molecule has 3 rings (SSSR count). The number of non-ortho nitro benzene ring substituents is 1. The van der Waals surface area contributed by atoms with Gasteiger partial charge in [-0.05, 0) is 49.1 Å². The molecule has 176 valence electrons. The number of unbranched alkanes of at least 4 members (excludes halogenated alkanes) is 2. The highest BCUT2D eigenvalue weighted by Gasteiger charge is 2.21. The van der Waals surface area contributed by atoms with E-state index in [9.17, 15) is 27.3 Å². The highest BCUT2D eigenvalue weighted by atomic mass is 35.5. The van der Waals surface area contributed by atoms with Crippen LogP contribution in [0.5, 0.6) is 0 Å². The number of nitro benzene ring substituents is 1. The first-order chi connectivity index (χ1) is 14.7. The molecule has 0 unspecified atom stereocenters. The van der Waals surface area contributed by atoms with Crippen molar-refractivity contribution < 1.29 is 22.1 Å². The zero-order chi connectivity index (χ0) is 22.6. The predicted molar refractivity (Wildman–Crippen MR) is 120 cm³/mol. The largest absolute Gasteiger partial charge is 0.299 e. The average molecular weight is 510 g/mol. The smallest absolute Gasteiger partial charge is 0.269 e. The van der Waals surface area contributed by atoms with Crippen molar-refractivity contribution in [1.82, 2.24) is 9.62 Å². The fourth-order valence-corrected chi connectivity index (χ4v) is 5.14. The fraction of sp³-hybridized carbons (Fsp3) is 0.400. The van der Waals surface area contributed by atoms with Crippen molar-refractivity contribution in [2.75, 3.05) is 19.6 Å². The van der Waals surface area contributed by atoms with E-state index in [1.54, 1.807) is 6.07 Å². The van der Waals surface area contributed by atoms with Gasteiger partial charge in [0, 0.05) is 31.8 Å². The van der Waals surface area contributed by atoms with E-state index in [0.29, 0.717) is 25.1 Å². The number of nitro groups is 1. The Kier molecular flexibility index (Phi) is 9.35. The Morgan fingerprint density at radius 1 is 1.09 bits per heavy atom. The van der Waals surface area contributed by atoms with Crippen molar-refractivity contribution >= 4 is 39.7 Å². The van der Waals surface area contributed by atoms with Gasteiger partial charge in [0.15, 0.2) is 11.6 Å². The molecule has 0 radical (unpaired) electrons. The Balaban J connectivity index is 0.00000363. The standard InChI is InChI=1S/C20H22ClF2N3O4S.ClH/c21-17-11-18(22)19(23)12-20(17)31(29,30)24-7-2-1-3-8-25-9-6-14-4-5-16(26(27)28)10-15(14)13-25;/h4-5,10-12,24H,1-3,6-9,13H2;1H. The summed E-state index contributed by atoms with van der Waals surface area (Å²) in [6.07, 6.45) is 2.99. The molecule has 0 aromatic heterocycles. The van der Waals surface area contributed by atoms with E-state index in [0.717, 1.165) is 43.5 Å². The first kappa shape index (κ1) is 26.4. The van der Waals surface area contributed by atoms with Crippen LogP contribution in [0.4, 0.5) is 14.5 Å². The lowest BCUT2D eigenvalue weighted by molar-refractivity contribution is -0.385. The molecule has 0 aliphatic carbocycles. The highest BCUT2D eigenvalue weighted by molar-refractivity contribution is 7.89. The molecular weight excluding hydrogens is 487 g/mol. The Labute approximate surface area is 196 Å². The van der Waals surface area contributed by atoms with E-state index >= 15 is 0 Å². The van der Waals surface area contributed by atoms with Crippen LogP contribution in [0.2, 0.25) is 5.02 Å². The molecule has 32 heavy (non-hydrogen) atoms. The van der Waals surface area contributed by atoms with Gasteiger partial charge in [0.1, 0.15) is 4.90 Å². The topological polar surface area (TPSA) is 92.6 Å². The van der Waals surface area contributed by atoms with E-state index in [1.807, 2.05) is 6.07 Å². The summed E-state index contributed by atoms with van der Waals surface area (Å²) in [5.41, 5.74) is 2.19. The minimum absolute atomic E-state index is 0. The molecule has 0 saturated heterocycles. The molecule has 0 spiro atoms. The summed E-state index contributed by atoms with van der Waals surface area (Å²) in [5, 5.41) is 10.6. The van der Waals surface area contributed by atoms with Gasteiger partial charge in [-0.25, -0.2) is 21.9 Å². The predicted octanol–water partition coefficient (Wildman–Crippen LogP) is 4.46. The van der Waals surface area contributed by atoms with Gasteiger partial charge in [0.2, 0.25) is 10.0 Å². The number of benzene rings is 2. The number of fused-ring (bicyclic) bond motifs is 1. The zero-order valence-corrected chi connectivity index (χ0v) is 19.4. The first-order valence-corrected chi connectivity index (χ1v) is 11.7. The Hall–Kier alpha value is -1.85. The lowest BCUT2D eigenvalue weighted by Gasteiger charge is -2.28. The SMILES string of the molecule is Cl.O=[N+]([O-])c1ccc2c(c1)CN(CCCCCNS(=O)(=O)c1cc(F)c(F)cc1Cl)CC2. The fourth-order valence-electron chi connectivity index (χ4n) is 3.54. The van der Waals surface area contributed by atoms with Crippen LogP contribution in [0.25, 0.3) is 0 Å². The molecule has 2 aromatic rings. The Morgan fingerprint density at radius 2 is 1.81 bits per heavy atom. The van der Waals surface area contributed by atoms with E-state index < -0.39 is 31.5 Å². The Morgan fingerprint density at radius 3 is 2.53 bits per heavy atom. The van der Waals surface area contributed by atoms with Crippen LogP contribution in [0.3, 0.4) is 0 Å². The van der Waals surface area contributed by atoms with Gasteiger partial charge in [-0.2, -0.15) is 0 Å². The maximum atomic E-state index is 13.3. The van der Waals surface area contributed by atoms with Gasteiger partial charge in [-0.15, -0.1) is 12.4 Å². The average Bonchev–Trinajstić information content (AvgIpc) is 2.72. The van der Waals surface area contributed by atoms with Gasteiger partial charge < -0.3 is 0 Å². The van der Waals surface area contributed by atoms with Crippen LogP contribution in [0.15, 0.2) is 35.2 Å². The summed E-state index contributed by atoms with van der Waals surface area (Å²) >= 11 is 5.73. The number of hydrogen-bond acceptors (Lipinski definition) is 5. The molecule has 0 bridgehead atoms. The molecule has 2 aromatic carbocycles. The Bertz CT molecular complexity index is 1090. The summed E-state index contributed by atoms with van der Waals surface area (Å²) < 4.78 is 53.3. The third-order valence-corrected chi connectivity index (χ3v) is 7.13. The van der Waals surface area contributed by atoms with E-state index in [1.165, 1.54) is 6.07 Å². The molecule has 1 N–H and O–H groups in total. The zero-order valence-electron chi connectivity index (χ0n) is 17.0. The third kappa shape index (κ3) is 6.58. The molecule has 1 aliphatic rings. The number of rotatable bonds is 9. The number of nitrogens with one attached hydrogen (secondary N) is 1. The monoisotopic (exact) mass is 509 g/mol. The van der Waals surface area contributed by atoms with Gasteiger partial charge in [0.05, 0.1) is 9.95 Å². The van der Waals surface area contributed by atoms with Crippen LogP contribution >= 0.6 is 24.0 Å².